The van der Waals surface area contributed by atoms with E-state index >= 15 is 0 Å². The van der Waals surface area contributed by atoms with Crippen molar-refractivity contribution >= 4 is 22.9 Å². The second kappa shape index (κ2) is 4.86. The molecule has 0 radical (unpaired) electrons. The second-order valence-corrected chi connectivity index (χ2v) is 5.67. The first-order valence-corrected chi connectivity index (χ1v) is 7.01. The van der Waals surface area contributed by atoms with Crippen LogP contribution in [0.3, 0.4) is 0 Å². The largest absolute Gasteiger partial charge is 0.328 e. The van der Waals surface area contributed by atoms with Gasteiger partial charge in [0.25, 0.3) is 0 Å². The highest BCUT2D eigenvalue weighted by atomic mass is 35.5. The van der Waals surface area contributed by atoms with Crippen molar-refractivity contribution in [3.8, 4) is 0 Å². The van der Waals surface area contributed by atoms with Crippen LogP contribution in [0, 0.1) is 5.92 Å². The molecule has 3 unspecified atom stereocenters. The molecule has 2 N–H and O–H groups in total. The summed E-state index contributed by atoms with van der Waals surface area (Å²) in [5.41, 5.74) is 7.40. The van der Waals surface area contributed by atoms with Gasteiger partial charge in [-0.1, -0.05) is 24.9 Å². The summed E-state index contributed by atoms with van der Waals surface area (Å²) in [4.78, 5) is 0. The Kier molecular flexibility index (Phi) is 3.70. The van der Waals surface area contributed by atoms with Crippen LogP contribution in [-0.4, -0.2) is 6.04 Å². The predicted molar refractivity (Wildman–Crippen MR) is 67.7 cm³/mol. The maximum atomic E-state index is 6.21. The summed E-state index contributed by atoms with van der Waals surface area (Å²) in [5.74, 6) is 1.37. The van der Waals surface area contributed by atoms with Crippen LogP contribution in [0.4, 0.5) is 0 Å². The molecule has 1 aliphatic rings. The van der Waals surface area contributed by atoms with Gasteiger partial charge in [0.2, 0.25) is 0 Å². The molecule has 0 bridgehead atoms. The fourth-order valence-corrected chi connectivity index (χ4v) is 3.88. The van der Waals surface area contributed by atoms with E-state index < -0.39 is 0 Å². The van der Waals surface area contributed by atoms with Crippen LogP contribution < -0.4 is 5.73 Å². The molecule has 0 saturated heterocycles. The zero-order valence-electron chi connectivity index (χ0n) is 9.08. The molecule has 0 spiro atoms. The molecule has 1 aromatic heterocycles. The van der Waals surface area contributed by atoms with Crippen LogP contribution >= 0.6 is 22.9 Å². The van der Waals surface area contributed by atoms with E-state index in [4.69, 9.17) is 17.3 Å². The lowest BCUT2D eigenvalue weighted by Gasteiger charge is -2.34. The van der Waals surface area contributed by atoms with Crippen molar-refractivity contribution in [3.63, 3.8) is 0 Å². The highest BCUT2D eigenvalue weighted by Crippen LogP contribution is 2.42. The normalized spacial score (nSPS) is 31.8. The Morgan fingerprint density at radius 3 is 2.87 bits per heavy atom. The lowest BCUT2D eigenvalue weighted by molar-refractivity contribution is 0.274. The molecule has 1 aliphatic carbocycles. The van der Waals surface area contributed by atoms with Crippen molar-refractivity contribution in [2.45, 2.75) is 44.6 Å². The van der Waals surface area contributed by atoms with Gasteiger partial charge in [-0.05, 0) is 42.0 Å². The zero-order valence-corrected chi connectivity index (χ0v) is 10.7. The average molecular weight is 244 g/mol. The molecule has 84 valence electrons. The third-order valence-electron chi connectivity index (χ3n) is 3.60. The molecule has 1 fully saturated rings. The molecule has 1 nitrogen and oxygen atoms in total. The molecule has 0 aromatic carbocycles. The van der Waals surface area contributed by atoms with Crippen molar-refractivity contribution in [2.75, 3.05) is 0 Å². The Morgan fingerprint density at radius 1 is 1.47 bits per heavy atom. The van der Waals surface area contributed by atoms with Gasteiger partial charge in [-0.15, -0.1) is 0 Å². The summed E-state index contributed by atoms with van der Waals surface area (Å²) >= 11 is 7.91. The fraction of sp³-hybridized carbons (Fsp3) is 0.667. The molecular formula is C12H18ClNS. The minimum absolute atomic E-state index is 0.369. The summed E-state index contributed by atoms with van der Waals surface area (Å²) in [6.45, 7) is 2.27. The Hall–Kier alpha value is -0.0500. The smallest absolute Gasteiger partial charge is 0.0547 e. The summed E-state index contributed by atoms with van der Waals surface area (Å²) in [6.07, 6.45) is 4.78. The minimum Gasteiger partial charge on any atom is -0.328 e. The van der Waals surface area contributed by atoms with Crippen LogP contribution in [0.5, 0.6) is 0 Å². The van der Waals surface area contributed by atoms with Gasteiger partial charge in [0.05, 0.1) is 5.02 Å². The highest BCUT2D eigenvalue weighted by molar-refractivity contribution is 7.08. The third kappa shape index (κ3) is 2.38. The van der Waals surface area contributed by atoms with Gasteiger partial charge < -0.3 is 5.73 Å². The van der Waals surface area contributed by atoms with Crippen LogP contribution in [0.25, 0.3) is 0 Å². The summed E-state index contributed by atoms with van der Waals surface area (Å²) in [7, 11) is 0. The van der Waals surface area contributed by atoms with E-state index in [9.17, 15) is 0 Å². The topological polar surface area (TPSA) is 26.0 Å². The number of rotatable bonds is 2. The minimum atomic E-state index is 0.369. The van der Waals surface area contributed by atoms with Gasteiger partial charge in [-0.25, -0.2) is 0 Å². The van der Waals surface area contributed by atoms with Crippen molar-refractivity contribution < 1.29 is 0 Å². The van der Waals surface area contributed by atoms with Gasteiger partial charge in [0, 0.05) is 11.4 Å². The monoisotopic (exact) mass is 243 g/mol. The Balaban J connectivity index is 2.20. The van der Waals surface area contributed by atoms with E-state index in [0.717, 1.165) is 17.4 Å². The van der Waals surface area contributed by atoms with Crippen molar-refractivity contribution in [1.82, 2.24) is 0 Å². The zero-order chi connectivity index (χ0) is 10.8. The molecule has 1 saturated carbocycles. The quantitative estimate of drug-likeness (QED) is 0.834. The van der Waals surface area contributed by atoms with Crippen molar-refractivity contribution in [2.24, 2.45) is 11.7 Å². The first-order valence-electron chi connectivity index (χ1n) is 5.69. The van der Waals surface area contributed by atoms with Gasteiger partial charge in [0.1, 0.15) is 0 Å². The third-order valence-corrected chi connectivity index (χ3v) is 4.82. The van der Waals surface area contributed by atoms with Gasteiger partial charge in [0.15, 0.2) is 0 Å². The molecule has 0 aliphatic heterocycles. The predicted octanol–water partition coefficient (Wildman–Crippen LogP) is 4.02. The number of halogens is 1. The molecule has 1 aromatic rings. The molecular weight excluding hydrogens is 226 g/mol. The maximum Gasteiger partial charge on any atom is 0.0547 e. The van der Waals surface area contributed by atoms with Gasteiger partial charge in [-0.2, -0.15) is 11.3 Å². The van der Waals surface area contributed by atoms with E-state index in [0.29, 0.717) is 12.0 Å². The van der Waals surface area contributed by atoms with E-state index in [2.05, 4.69) is 12.3 Å². The molecule has 1 heterocycles. The van der Waals surface area contributed by atoms with Crippen LogP contribution in [-0.2, 0) is 0 Å². The van der Waals surface area contributed by atoms with Crippen LogP contribution in [0.15, 0.2) is 10.8 Å². The van der Waals surface area contributed by atoms with Crippen LogP contribution in [0.2, 0.25) is 5.02 Å². The molecule has 15 heavy (non-hydrogen) atoms. The summed E-state index contributed by atoms with van der Waals surface area (Å²) in [5, 5.41) is 5.18. The number of nitrogens with two attached hydrogens (primary N) is 1. The summed E-state index contributed by atoms with van der Waals surface area (Å²) in [6, 6.07) is 0.369. The average Bonchev–Trinajstić information content (AvgIpc) is 2.64. The Morgan fingerprint density at radius 2 is 2.27 bits per heavy atom. The first kappa shape index (κ1) is 11.4. The molecule has 3 atom stereocenters. The highest BCUT2D eigenvalue weighted by Gasteiger charge is 2.30. The van der Waals surface area contributed by atoms with Gasteiger partial charge in [-0.3, -0.25) is 0 Å². The maximum absolute atomic E-state index is 6.21. The lowest BCUT2D eigenvalue weighted by Crippen LogP contribution is -2.31. The number of hydrogen-bond acceptors (Lipinski definition) is 2. The molecule has 3 heteroatoms. The SMILES string of the molecule is CCC1CCC(N)CC1c1cscc1Cl. The van der Waals surface area contributed by atoms with E-state index in [-0.39, 0.29) is 0 Å². The van der Waals surface area contributed by atoms with E-state index in [1.54, 1.807) is 11.3 Å². The second-order valence-electron chi connectivity index (χ2n) is 4.52. The van der Waals surface area contributed by atoms with Crippen molar-refractivity contribution in [3.05, 3.63) is 21.3 Å². The standard InChI is InChI=1S/C12H18ClNS/c1-2-8-3-4-9(14)5-10(8)11-6-15-7-12(11)13/h6-10H,2-5,14H2,1H3. The van der Waals surface area contributed by atoms with Gasteiger partial charge >= 0.3 is 0 Å². The Bertz CT molecular complexity index is 323. The van der Waals surface area contributed by atoms with E-state index in [1.165, 1.54) is 24.8 Å². The fourth-order valence-electron chi connectivity index (χ4n) is 2.69. The number of hydrogen-bond donors (Lipinski definition) is 1. The van der Waals surface area contributed by atoms with Crippen molar-refractivity contribution in [1.29, 1.82) is 0 Å². The molecule has 0 amide bonds. The first-order chi connectivity index (χ1) is 7.22. The Labute approximate surface area is 101 Å². The summed E-state index contributed by atoms with van der Waals surface area (Å²) < 4.78 is 0. The number of thiophene rings is 1. The van der Waals surface area contributed by atoms with E-state index in [1.807, 2.05) is 5.38 Å². The van der Waals surface area contributed by atoms with Crippen LogP contribution in [0.1, 0.15) is 44.1 Å². The lowest BCUT2D eigenvalue weighted by atomic mass is 9.73. The molecule has 2 rings (SSSR count).